The topological polar surface area (TPSA) is 106 Å². The highest BCUT2D eigenvalue weighted by atomic mass is 35.5. The molecule has 10 heteroatoms. The molecule has 0 radical (unpaired) electrons. The van der Waals surface area contributed by atoms with Crippen molar-refractivity contribution in [2.45, 2.75) is 58.3 Å². The van der Waals surface area contributed by atoms with Gasteiger partial charge in [0.05, 0.1) is 35.5 Å². The predicted molar refractivity (Wildman–Crippen MR) is 146 cm³/mol. The Bertz CT molecular complexity index is 1090. The van der Waals surface area contributed by atoms with Crippen molar-refractivity contribution in [2.24, 2.45) is 5.10 Å². The molecule has 37 heavy (non-hydrogen) atoms. The number of hydrazone groups is 1. The molecule has 0 unspecified atom stereocenters. The zero-order valence-electron chi connectivity index (χ0n) is 21.1. The molecule has 2 amide bonds. The second-order valence-electron chi connectivity index (χ2n) is 8.37. The van der Waals surface area contributed by atoms with Gasteiger partial charge < -0.3 is 14.8 Å². The zero-order valence-corrected chi connectivity index (χ0v) is 22.7. The SMILES string of the molecule is CCCCCCCCCC(=O)NCC(=O)N/N=C\c1ccc(OC(=O)c2ccc(Cl)c(Cl)c2)c(OC)c1. The fraction of sp³-hybridized carbons (Fsp3) is 0.407. The van der Waals surface area contributed by atoms with Crippen molar-refractivity contribution in [3.8, 4) is 11.5 Å². The van der Waals surface area contributed by atoms with Crippen LogP contribution in [-0.2, 0) is 9.59 Å². The van der Waals surface area contributed by atoms with Crippen LogP contribution in [0.5, 0.6) is 11.5 Å². The Labute approximate surface area is 227 Å². The Morgan fingerprint density at radius 1 is 0.892 bits per heavy atom. The average Bonchev–Trinajstić information content (AvgIpc) is 2.89. The summed E-state index contributed by atoms with van der Waals surface area (Å²) in [5.74, 6) is -0.726. The monoisotopic (exact) mass is 549 g/mol. The van der Waals surface area contributed by atoms with Crippen molar-refractivity contribution in [3.63, 3.8) is 0 Å². The summed E-state index contributed by atoms with van der Waals surface area (Å²) in [5, 5.41) is 7.06. The highest BCUT2D eigenvalue weighted by Gasteiger charge is 2.14. The lowest BCUT2D eigenvalue weighted by molar-refractivity contribution is -0.126. The van der Waals surface area contributed by atoms with E-state index in [0.29, 0.717) is 22.8 Å². The third-order valence-corrected chi connectivity index (χ3v) is 6.14. The number of hydrogen-bond donors (Lipinski definition) is 2. The minimum atomic E-state index is -0.625. The quantitative estimate of drug-likeness (QED) is 0.0941. The number of esters is 1. The maximum Gasteiger partial charge on any atom is 0.343 e. The average molecular weight is 550 g/mol. The first-order chi connectivity index (χ1) is 17.8. The molecular formula is C27H33Cl2N3O5. The van der Waals surface area contributed by atoms with E-state index in [4.69, 9.17) is 32.7 Å². The van der Waals surface area contributed by atoms with Crippen LogP contribution in [0.1, 0.15) is 74.2 Å². The van der Waals surface area contributed by atoms with Crippen molar-refractivity contribution in [1.29, 1.82) is 0 Å². The van der Waals surface area contributed by atoms with E-state index in [0.717, 1.165) is 19.3 Å². The smallest absolute Gasteiger partial charge is 0.343 e. The summed E-state index contributed by atoms with van der Waals surface area (Å²) in [4.78, 5) is 36.3. The van der Waals surface area contributed by atoms with E-state index in [9.17, 15) is 14.4 Å². The van der Waals surface area contributed by atoms with E-state index in [1.54, 1.807) is 18.2 Å². The van der Waals surface area contributed by atoms with Gasteiger partial charge in [0.2, 0.25) is 5.91 Å². The lowest BCUT2D eigenvalue weighted by Gasteiger charge is -2.10. The normalized spacial score (nSPS) is 10.8. The van der Waals surface area contributed by atoms with Gasteiger partial charge in [0.1, 0.15) is 0 Å². The Kier molecular flexibility index (Phi) is 13.5. The van der Waals surface area contributed by atoms with E-state index in [1.165, 1.54) is 57.2 Å². The second kappa shape index (κ2) is 16.6. The van der Waals surface area contributed by atoms with E-state index < -0.39 is 11.9 Å². The molecular weight excluding hydrogens is 517 g/mol. The second-order valence-corrected chi connectivity index (χ2v) is 9.18. The number of amides is 2. The zero-order chi connectivity index (χ0) is 27.0. The minimum absolute atomic E-state index is 0.150. The standard InChI is InChI=1S/C27H33Cl2N3O5/c1-3-4-5-6-7-8-9-10-25(33)30-18-26(34)32-31-17-19-11-14-23(24(15-19)36-2)37-27(35)20-12-13-21(28)22(29)16-20/h11-17H,3-10,18H2,1-2H3,(H,30,33)(H,32,34)/b31-17-. The Balaban J connectivity index is 1.77. The fourth-order valence-electron chi connectivity index (χ4n) is 3.36. The fourth-order valence-corrected chi connectivity index (χ4v) is 3.66. The van der Waals surface area contributed by atoms with Crippen LogP contribution in [-0.4, -0.2) is 37.7 Å². The molecule has 0 atom stereocenters. The van der Waals surface area contributed by atoms with Gasteiger partial charge in [0.15, 0.2) is 11.5 Å². The summed E-state index contributed by atoms with van der Waals surface area (Å²) in [6.45, 7) is 2.03. The number of methoxy groups -OCH3 is 1. The molecule has 2 rings (SSSR count). The van der Waals surface area contributed by atoms with Crippen LogP contribution >= 0.6 is 23.2 Å². The van der Waals surface area contributed by atoms with Crippen LogP contribution in [0.4, 0.5) is 0 Å². The molecule has 2 aromatic rings. The molecule has 0 spiro atoms. The van der Waals surface area contributed by atoms with Crippen LogP contribution in [0.2, 0.25) is 10.0 Å². The number of nitrogens with one attached hydrogen (secondary N) is 2. The number of hydrogen-bond acceptors (Lipinski definition) is 6. The highest BCUT2D eigenvalue weighted by molar-refractivity contribution is 6.42. The van der Waals surface area contributed by atoms with Gasteiger partial charge in [-0.15, -0.1) is 0 Å². The molecule has 0 heterocycles. The number of carbonyl (C=O) groups excluding carboxylic acids is 3. The van der Waals surface area contributed by atoms with Gasteiger partial charge in [0, 0.05) is 6.42 Å². The van der Waals surface area contributed by atoms with E-state index in [-0.39, 0.29) is 28.8 Å². The molecule has 200 valence electrons. The van der Waals surface area contributed by atoms with Crippen LogP contribution in [0.3, 0.4) is 0 Å². The molecule has 0 aromatic heterocycles. The van der Waals surface area contributed by atoms with Gasteiger partial charge in [-0.2, -0.15) is 5.10 Å². The van der Waals surface area contributed by atoms with Gasteiger partial charge in [0.25, 0.3) is 5.91 Å². The maximum atomic E-state index is 12.4. The molecule has 2 aromatic carbocycles. The molecule has 0 saturated heterocycles. The molecule has 0 aliphatic heterocycles. The number of nitrogens with zero attached hydrogens (tertiary/aromatic N) is 1. The first-order valence-corrected chi connectivity index (χ1v) is 13.0. The lowest BCUT2D eigenvalue weighted by Crippen LogP contribution is -2.34. The number of unbranched alkanes of at least 4 members (excludes halogenated alkanes) is 6. The summed E-state index contributed by atoms with van der Waals surface area (Å²) in [5.41, 5.74) is 3.19. The summed E-state index contributed by atoms with van der Waals surface area (Å²) in [6, 6.07) is 9.21. The Hall–Kier alpha value is -3.10. The van der Waals surface area contributed by atoms with Crippen LogP contribution < -0.4 is 20.2 Å². The molecule has 0 saturated carbocycles. The van der Waals surface area contributed by atoms with Crippen molar-refractivity contribution in [3.05, 3.63) is 57.6 Å². The molecule has 0 fully saturated rings. The summed E-state index contributed by atoms with van der Waals surface area (Å²) in [7, 11) is 1.43. The van der Waals surface area contributed by atoms with Gasteiger partial charge >= 0.3 is 5.97 Å². The summed E-state index contributed by atoms with van der Waals surface area (Å²) < 4.78 is 10.7. The number of ether oxygens (including phenoxy) is 2. The summed E-state index contributed by atoms with van der Waals surface area (Å²) >= 11 is 11.8. The first-order valence-electron chi connectivity index (χ1n) is 12.3. The van der Waals surface area contributed by atoms with Gasteiger partial charge in [-0.05, 0) is 48.4 Å². The van der Waals surface area contributed by atoms with E-state index in [1.807, 2.05) is 0 Å². The number of rotatable bonds is 15. The lowest BCUT2D eigenvalue weighted by atomic mass is 10.1. The van der Waals surface area contributed by atoms with E-state index >= 15 is 0 Å². The molecule has 0 aliphatic rings. The summed E-state index contributed by atoms with van der Waals surface area (Å²) in [6.07, 6.45) is 9.71. The van der Waals surface area contributed by atoms with Crippen molar-refractivity contribution in [1.82, 2.24) is 10.7 Å². The molecule has 0 bridgehead atoms. The Morgan fingerprint density at radius 2 is 1.62 bits per heavy atom. The van der Waals surface area contributed by atoms with Gasteiger partial charge in [-0.1, -0.05) is 68.7 Å². The Morgan fingerprint density at radius 3 is 2.32 bits per heavy atom. The van der Waals surface area contributed by atoms with Gasteiger partial charge in [-0.25, -0.2) is 10.2 Å². The van der Waals surface area contributed by atoms with Crippen LogP contribution in [0.15, 0.2) is 41.5 Å². The molecule has 2 N–H and O–H groups in total. The third-order valence-electron chi connectivity index (χ3n) is 5.40. The molecule has 0 aliphatic carbocycles. The van der Waals surface area contributed by atoms with Crippen molar-refractivity contribution >= 4 is 47.2 Å². The van der Waals surface area contributed by atoms with Crippen LogP contribution in [0.25, 0.3) is 0 Å². The van der Waals surface area contributed by atoms with Gasteiger partial charge in [-0.3, -0.25) is 9.59 Å². The number of halogens is 2. The first kappa shape index (κ1) is 30.1. The maximum absolute atomic E-state index is 12.4. The third kappa shape index (κ3) is 11.2. The number of carbonyl (C=O) groups is 3. The minimum Gasteiger partial charge on any atom is -0.493 e. The largest absolute Gasteiger partial charge is 0.493 e. The van der Waals surface area contributed by atoms with Crippen molar-refractivity contribution in [2.75, 3.05) is 13.7 Å². The molecule has 8 nitrogen and oxygen atoms in total. The van der Waals surface area contributed by atoms with E-state index in [2.05, 4.69) is 22.8 Å². The van der Waals surface area contributed by atoms with Crippen LogP contribution in [0, 0.1) is 0 Å². The predicted octanol–water partition coefficient (Wildman–Crippen LogP) is 5.93. The van der Waals surface area contributed by atoms with Crippen molar-refractivity contribution < 1.29 is 23.9 Å². The number of benzene rings is 2. The highest BCUT2D eigenvalue weighted by Crippen LogP contribution is 2.29.